The summed E-state index contributed by atoms with van der Waals surface area (Å²) in [6.45, 7) is 3.53. The van der Waals surface area contributed by atoms with E-state index in [-0.39, 0.29) is 30.8 Å². The number of likely N-dealkylation sites (N-methyl/N-ethyl adjacent to an activating group) is 2. The van der Waals surface area contributed by atoms with Crippen LogP contribution in [0.3, 0.4) is 0 Å². The third kappa shape index (κ3) is 7.54. The van der Waals surface area contributed by atoms with Crippen molar-refractivity contribution in [2.75, 3.05) is 37.8 Å². The largest absolute Gasteiger partial charge is 0.335 e. The summed E-state index contributed by atoms with van der Waals surface area (Å²) in [5, 5.41) is 6.20. The number of carbonyl (C=O) groups is 3. The van der Waals surface area contributed by atoms with Crippen molar-refractivity contribution in [3.05, 3.63) is 58.1 Å². The van der Waals surface area contributed by atoms with Crippen LogP contribution < -0.4 is 10.6 Å². The molecule has 0 radical (unpaired) electrons. The highest BCUT2D eigenvalue weighted by atomic mass is 35.5. The number of nitrogens with zero attached hydrogens (tertiary/aromatic N) is 2. The molecule has 2 aromatic carbocycles. The van der Waals surface area contributed by atoms with E-state index in [4.69, 9.17) is 23.2 Å². The summed E-state index contributed by atoms with van der Waals surface area (Å²) >= 11 is 11.8. The highest BCUT2D eigenvalue weighted by Gasteiger charge is 2.24. The highest BCUT2D eigenvalue weighted by molar-refractivity contribution is 6.42. The molecule has 0 aliphatic heterocycles. The summed E-state index contributed by atoms with van der Waals surface area (Å²) in [7, 11) is 3.22. The van der Waals surface area contributed by atoms with Crippen LogP contribution in [0.15, 0.2) is 42.5 Å². The number of halogens is 2. The summed E-state index contributed by atoms with van der Waals surface area (Å²) in [5.74, 6) is -0.879. The first-order valence-corrected chi connectivity index (χ1v) is 10.4. The Hall–Kier alpha value is -2.61. The van der Waals surface area contributed by atoms with Gasteiger partial charge >= 0.3 is 0 Å². The first kappa shape index (κ1) is 24.7. The molecule has 31 heavy (non-hydrogen) atoms. The highest BCUT2D eigenvalue weighted by Crippen LogP contribution is 2.25. The molecule has 0 unspecified atom stereocenters. The number of aryl methyl sites for hydroxylation is 1. The van der Waals surface area contributed by atoms with Gasteiger partial charge in [-0.25, -0.2) is 0 Å². The quantitative estimate of drug-likeness (QED) is 0.624. The summed E-state index contributed by atoms with van der Waals surface area (Å²) in [6, 6.07) is 11.6. The van der Waals surface area contributed by atoms with Crippen molar-refractivity contribution >= 4 is 52.3 Å². The molecular formula is C22H26Cl2N4O3. The van der Waals surface area contributed by atoms with Gasteiger partial charge in [-0.15, -0.1) is 0 Å². The molecule has 0 aromatic heterocycles. The molecular weight excluding hydrogens is 439 g/mol. The minimum atomic E-state index is -0.600. The first-order chi connectivity index (χ1) is 14.6. The molecule has 7 nitrogen and oxygen atoms in total. The molecule has 0 fully saturated rings. The van der Waals surface area contributed by atoms with E-state index < -0.39 is 6.04 Å². The van der Waals surface area contributed by atoms with Crippen LogP contribution in [0.1, 0.15) is 12.5 Å². The van der Waals surface area contributed by atoms with Crippen molar-refractivity contribution in [1.29, 1.82) is 0 Å². The Bertz CT molecular complexity index is 950. The Labute approximate surface area is 192 Å². The minimum Gasteiger partial charge on any atom is -0.335 e. The number of hydrogen-bond acceptors (Lipinski definition) is 4. The lowest BCUT2D eigenvalue weighted by Gasteiger charge is -2.27. The van der Waals surface area contributed by atoms with Crippen molar-refractivity contribution in [1.82, 2.24) is 9.80 Å². The van der Waals surface area contributed by atoms with Crippen molar-refractivity contribution in [2.45, 2.75) is 19.9 Å². The van der Waals surface area contributed by atoms with Crippen molar-refractivity contribution in [3.63, 3.8) is 0 Å². The van der Waals surface area contributed by atoms with Crippen molar-refractivity contribution in [2.24, 2.45) is 0 Å². The standard InChI is InChI=1S/C22H26Cl2N4O3/c1-14-5-7-16(8-6-14)25-21(30)13-28(4)22(31)15(2)27(3)12-20(29)26-17-9-10-18(23)19(24)11-17/h5-11,15H,12-13H2,1-4H3,(H,25,30)(H,26,29)/t15-/m0/s1. The van der Waals surface area contributed by atoms with E-state index in [0.717, 1.165) is 5.56 Å². The zero-order valence-electron chi connectivity index (χ0n) is 17.9. The average molecular weight is 465 g/mol. The van der Waals surface area contributed by atoms with Crippen LogP contribution in [-0.2, 0) is 14.4 Å². The Kier molecular flexibility index (Phi) is 8.86. The van der Waals surface area contributed by atoms with Crippen molar-refractivity contribution in [3.8, 4) is 0 Å². The summed E-state index contributed by atoms with van der Waals surface area (Å²) < 4.78 is 0. The van der Waals surface area contributed by atoms with Gasteiger partial charge in [0.05, 0.1) is 29.2 Å². The zero-order chi connectivity index (χ0) is 23.1. The summed E-state index contributed by atoms with van der Waals surface area (Å²) in [4.78, 5) is 40.2. The van der Waals surface area contributed by atoms with Gasteiger partial charge in [-0.2, -0.15) is 0 Å². The number of hydrogen-bond donors (Lipinski definition) is 2. The maximum absolute atomic E-state index is 12.7. The second kappa shape index (κ2) is 11.1. The smallest absolute Gasteiger partial charge is 0.243 e. The Morgan fingerprint density at radius 3 is 2.03 bits per heavy atom. The predicted molar refractivity (Wildman–Crippen MR) is 125 cm³/mol. The number of nitrogens with one attached hydrogen (secondary N) is 2. The molecule has 3 amide bonds. The number of amides is 3. The fourth-order valence-corrected chi connectivity index (χ4v) is 3.07. The van der Waals surface area contributed by atoms with Crippen LogP contribution in [0.4, 0.5) is 11.4 Å². The number of benzene rings is 2. The van der Waals surface area contributed by atoms with E-state index in [9.17, 15) is 14.4 Å². The second-order valence-electron chi connectivity index (χ2n) is 7.38. The van der Waals surface area contributed by atoms with Gasteiger partial charge in [0.15, 0.2) is 0 Å². The number of anilines is 2. The van der Waals surface area contributed by atoms with Crippen LogP contribution in [0.5, 0.6) is 0 Å². The fourth-order valence-electron chi connectivity index (χ4n) is 2.78. The van der Waals surface area contributed by atoms with Gasteiger partial charge < -0.3 is 15.5 Å². The molecule has 166 valence electrons. The van der Waals surface area contributed by atoms with E-state index in [0.29, 0.717) is 21.4 Å². The topological polar surface area (TPSA) is 81.8 Å². The van der Waals surface area contributed by atoms with Gasteiger partial charge in [0.25, 0.3) is 0 Å². The van der Waals surface area contributed by atoms with Crippen LogP contribution in [-0.4, -0.2) is 60.7 Å². The molecule has 2 N–H and O–H groups in total. The van der Waals surface area contributed by atoms with Crippen LogP contribution in [0.2, 0.25) is 10.0 Å². The fraction of sp³-hybridized carbons (Fsp3) is 0.318. The van der Waals surface area contributed by atoms with Gasteiger partial charge in [-0.3, -0.25) is 19.3 Å². The molecule has 2 rings (SSSR count). The SMILES string of the molecule is Cc1ccc(NC(=O)CN(C)C(=O)[C@H](C)N(C)CC(=O)Nc2ccc(Cl)c(Cl)c2)cc1. The monoisotopic (exact) mass is 464 g/mol. The maximum Gasteiger partial charge on any atom is 0.243 e. The van der Waals surface area contributed by atoms with Gasteiger partial charge in [-0.1, -0.05) is 40.9 Å². The summed E-state index contributed by atoms with van der Waals surface area (Å²) in [5.41, 5.74) is 2.27. The normalized spacial score (nSPS) is 11.7. The lowest BCUT2D eigenvalue weighted by molar-refractivity contribution is -0.137. The predicted octanol–water partition coefficient (Wildman–Crippen LogP) is 3.66. The molecule has 9 heteroatoms. The van der Waals surface area contributed by atoms with Crippen LogP contribution >= 0.6 is 23.2 Å². The maximum atomic E-state index is 12.7. The first-order valence-electron chi connectivity index (χ1n) is 9.63. The van der Waals surface area contributed by atoms with Gasteiger partial charge in [0.1, 0.15) is 0 Å². The number of carbonyl (C=O) groups excluding carboxylic acids is 3. The molecule has 0 bridgehead atoms. The Morgan fingerprint density at radius 2 is 1.42 bits per heavy atom. The van der Waals surface area contributed by atoms with Gasteiger partial charge in [0, 0.05) is 18.4 Å². The van der Waals surface area contributed by atoms with E-state index in [1.165, 1.54) is 4.90 Å². The number of rotatable bonds is 8. The molecule has 0 spiro atoms. The van der Waals surface area contributed by atoms with Crippen LogP contribution in [0, 0.1) is 6.92 Å². The molecule has 2 aromatic rings. The Morgan fingerprint density at radius 1 is 0.871 bits per heavy atom. The molecule has 0 aliphatic rings. The summed E-state index contributed by atoms with van der Waals surface area (Å²) in [6.07, 6.45) is 0. The van der Waals surface area contributed by atoms with E-state index in [1.807, 2.05) is 19.1 Å². The third-order valence-corrected chi connectivity index (χ3v) is 5.45. The van der Waals surface area contributed by atoms with E-state index in [1.54, 1.807) is 56.3 Å². The Balaban J connectivity index is 1.85. The minimum absolute atomic E-state index is 0.0173. The van der Waals surface area contributed by atoms with Crippen molar-refractivity contribution < 1.29 is 14.4 Å². The lowest BCUT2D eigenvalue weighted by Crippen LogP contribution is -2.48. The zero-order valence-corrected chi connectivity index (χ0v) is 19.4. The molecule has 0 heterocycles. The van der Waals surface area contributed by atoms with E-state index >= 15 is 0 Å². The van der Waals surface area contributed by atoms with Gasteiger partial charge in [0.2, 0.25) is 17.7 Å². The average Bonchev–Trinajstić information content (AvgIpc) is 2.71. The van der Waals surface area contributed by atoms with E-state index in [2.05, 4.69) is 10.6 Å². The second-order valence-corrected chi connectivity index (χ2v) is 8.19. The lowest BCUT2D eigenvalue weighted by atomic mass is 10.2. The van der Waals surface area contributed by atoms with Gasteiger partial charge in [-0.05, 0) is 51.2 Å². The van der Waals surface area contributed by atoms with Crippen LogP contribution in [0.25, 0.3) is 0 Å². The third-order valence-electron chi connectivity index (χ3n) is 4.71. The molecule has 0 saturated heterocycles. The molecule has 0 saturated carbocycles. The molecule has 1 atom stereocenters. The molecule has 0 aliphatic carbocycles.